The van der Waals surface area contributed by atoms with Crippen LogP contribution in [0.1, 0.15) is 16.0 Å². The fourth-order valence-electron chi connectivity index (χ4n) is 2.61. The molecule has 3 aromatic rings. The van der Waals surface area contributed by atoms with Gasteiger partial charge in [0.15, 0.2) is 0 Å². The van der Waals surface area contributed by atoms with E-state index in [1.165, 1.54) is 26.8 Å². The summed E-state index contributed by atoms with van der Waals surface area (Å²) in [5.41, 5.74) is 2.49. The van der Waals surface area contributed by atoms with Crippen LogP contribution in [-0.4, -0.2) is 7.11 Å². The minimum atomic E-state index is 0.830. The van der Waals surface area contributed by atoms with Gasteiger partial charge in [0.1, 0.15) is 5.75 Å². The monoisotopic (exact) mass is 302 g/mol. The Morgan fingerprint density at radius 2 is 1.85 bits per heavy atom. The van der Waals surface area contributed by atoms with Gasteiger partial charge in [0.25, 0.3) is 0 Å². The third kappa shape index (κ3) is 2.41. The van der Waals surface area contributed by atoms with Crippen LogP contribution in [0, 0.1) is 6.92 Å². The van der Waals surface area contributed by atoms with Gasteiger partial charge in [-0.2, -0.15) is 0 Å². The molecule has 20 heavy (non-hydrogen) atoms. The van der Waals surface area contributed by atoms with E-state index in [-0.39, 0.29) is 0 Å². The van der Waals surface area contributed by atoms with Gasteiger partial charge in [0.2, 0.25) is 0 Å². The number of rotatable bonds is 3. The predicted octanol–water partition coefficient (Wildman–Crippen LogP) is 5.46. The van der Waals surface area contributed by atoms with E-state index >= 15 is 0 Å². The number of benzene rings is 2. The first-order valence-electron chi connectivity index (χ1n) is 6.48. The van der Waals surface area contributed by atoms with Crippen molar-refractivity contribution in [2.75, 3.05) is 7.11 Å². The van der Waals surface area contributed by atoms with Gasteiger partial charge in [-0.1, -0.05) is 41.9 Å². The van der Waals surface area contributed by atoms with E-state index in [1.807, 2.05) is 6.07 Å². The van der Waals surface area contributed by atoms with Crippen molar-refractivity contribution in [2.24, 2.45) is 0 Å². The number of hydrogen-bond donors (Lipinski definition) is 0. The SMILES string of the molecule is COc1c(Cc2ccc(Cl)s2)cc(C)c2ccccc12. The summed E-state index contributed by atoms with van der Waals surface area (Å²) in [7, 11) is 1.74. The van der Waals surface area contributed by atoms with Gasteiger partial charge in [-0.3, -0.25) is 0 Å². The molecule has 0 aliphatic carbocycles. The van der Waals surface area contributed by atoms with Gasteiger partial charge in [0, 0.05) is 22.2 Å². The van der Waals surface area contributed by atoms with Crippen molar-refractivity contribution in [3.05, 3.63) is 62.8 Å². The first kappa shape index (κ1) is 13.5. The third-order valence-corrected chi connectivity index (χ3v) is 4.71. The van der Waals surface area contributed by atoms with Crippen molar-refractivity contribution in [2.45, 2.75) is 13.3 Å². The first-order valence-corrected chi connectivity index (χ1v) is 7.68. The molecule has 0 atom stereocenters. The molecule has 0 aliphatic rings. The highest BCUT2D eigenvalue weighted by molar-refractivity contribution is 7.16. The van der Waals surface area contributed by atoms with E-state index in [2.05, 4.69) is 43.3 Å². The van der Waals surface area contributed by atoms with Crippen molar-refractivity contribution >= 4 is 33.7 Å². The minimum absolute atomic E-state index is 0.830. The van der Waals surface area contributed by atoms with Crippen LogP contribution >= 0.6 is 22.9 Å². The molecule has 0 saturated heterocycles. The largest absolute Gasteiger partial charge is 0.496 e. The van der Waals surface area contributed by atoms with Crippen molar-refractivity contribution < 1.29 is 4.74 Å². The second-order valence-corrected chi connectivity index (χ2v) is 6.61. The van der Waals surface area contributed by atoms with Crippen LogP contribution in [0.25, 0.3) is 10.8 Å². The van der Waals surface area contributed by atoms with E-state index in [1.54, 1.807) is 18.4 Å². The zero-order chi connectivity index (χ0) is 14.1. The average Bonchev–Trinajstić information content (AvgIpc) is 2.85. The summed E-state index contributed by atoms with van der Waals surface area (Å²) < 4.78 is 6.49. The van der Waals surface area contributed by atoms with Crippen LogP contribution in [0.5, 0.6) is 5.75 Å². The lowest BCUT2D eigenvalue weighted by Gasteiger charge is -2.13. The minimum Gasteiger partial charge on any atom is -0.496 e. The molecule has 0 fully saturated rings. The standard InChI is InChI=1S/C17H15ClOS/c1-11-9-12(10-13-7-8-16(18)20-13)17(19-2)15-6-4-3-5-14(11)15/h3-9H,10H2,1-2H3. The molecule has 3 rings (SSSR count). The lowest BCUT2D eigenvalue weighted by atomic mass is 9.98. The quantitative estimate of drug-likeness (QED) is 0.624. The molecule has 1 nitrogen and oxygen atoms in total. The number of aryl methyl sites for hydroxylation is 1. The molecule has 1 aromatic heterocycles. The molecule has 0 aliphatic heterocycles. The normalized spacial score (nSPS) is 10.9. The fraction of sp³-hybridized carbons (Fsp3) is 0.176. The second-order valence-electron chi connectivity index (χ2n) is 4.81. The van der Waals surface area contributed by atoms with Crippen molar-refractivity contribution in [3.8, 4) is 5.75 Å². The maximum atomic E-state index is 6.01. The van der Waals surface area contributed by atoms with Crippen molar-refractivity contribution in [1.82, 2.24) is 0 Å². The average molecular weight is 303 g/mol. The van der Waals surface area contributed by atoms with Gasteiger partial charge in [-0.05, 0) is 30.0 Å². The summed E-state index contributed by atoms with van der Waals surface area (Å²) in [6.07, 6.45) is 0.853. The summed E-state index contributed by atoms with van der Waals surface area (Å²) >= 11 is 7.64. The molecular formula is C17H15ClOS. The Kier molecular flexibility index (Phi) is 3.68. The van der Waals surface area contributed by atoms with E-state index in [0.29, 0.717) is 0 Å². The molecule has 3 heteroatoms. The molecule has 0 spiro atoms. The predicted molar refractivity (Wildman–Crippen MR) is 87.4 cm³/mol. The molecule has 0 N–H and O–H groups in total. The lowest BCUT2D eigenvalue weighted by Crippen LogP contribution is -1.95. The van der Waals surface area contributed by atoms with Crippen LogP contribution in [0.3, 0.4) is 0 Å². The maximum Gasteiger partial charge on any atom is 0.130 e. The summed E-state index contributed by atoms with van der Waals surface area (Å²) in [6.45, 7) is 2.15. The smallest absolute Gasteiger partial charge is 0.130 e. The number of hydrogen-bond acceptors (Lipinski definition) is 2. The Morgan fingerprint density at radius 3 is 2.50 bits per heavy atom. The molecule has 0 unspecified atom stereocenters. The molecule has 2 aromatic carbocycles. The van der Waals surface area contributed by atoms with Crippen LogP contribution in [0.2, 0.25) is 4.34 Å². The first-order chi connectivity index (χ1) is 9.69. The van der Waals surface area contributed by atoms with Crippen molar-refractivity contribution in [1.29, 1.82) is 0 Å². The van der Waals surface area contributed by atoms with E-state index in [0.717, 1.165) is 16.5 Å². The topological polar surface area (TPSA) is 9.23 Å². The van der Waals surface area contributed by atoms with Crippen molar-refractivity contribution in [3.63, 3.8) is 0 Å². The molecular weight excluding hydrogens is 288 g/mol. The van der Waals surface area contributed by atoms with Gasteiger partial charge in [-0.25, -0.2) is 0 Å². The van der Waals surface area contributed by atoms with Gasteiger partial charge in [0.05, 0.1) is 11.4 Å². The van der Waals surface area contributed by atoms with Crippen LogP contribution in [-0.2, 0) is 6.42 Å². The summed E-state index contributed by atoms with van der Waals surface area (Å²) in [4.78, 5) is 1.25. The molecule has 0 saturated carbocycles. The van der Waals surface area contributed by atoms with Gasteiger partial charge >= 0.3 is 0 Å². The van der Waals surface area contributed by atoms with Crippen LogP contribution in [0.4, 0.5) is 0 Å². The molecule has 102 valence electrons. The van der Waals surface area contributed by atoms with Gasteiger partial charge in [-0.15, -0.1) is 11.3 Å². The summed E-state index contributed by atoms with van der Waals surface area (Å²) in [5, 5.41) is 2.42. The van der Waals surface area contributed by atoms with Crippen LogP contribution in [0.15, 0.2) is 42.5 Å². The number of thiophene rings is 1. The highest BCUT2D eigenvalue weighted by Crippen LogP contribution is 2.35. The summed E-state index contributed by atoms with van der Waals surface area (Å²) in [5.74, 6) is 0.968. The fourth-order valence-corrected chi connectivity index (χ4v) is 3.72. The third-order valence-electron chi connectivity index (χ3n) is 3.48. The second kappa shape index (κ2) is 5.47. The van der Waals surface area contributed by atoms with Crippen LogP contribution < -0.4 is 4.74 Å². The number of fused-ring (bicyclic) bond motifs is 1. The Hall–Kier alpha value is -1.51. The number of halogens is 1. The Bertz CT molecular complexity index is 761. The molecule has 0 bridgehead atoms. The highest BCUT2D eigenvalue weighted by Gasteiger charge is 2.12. The Labute approximate surface area is 127 Å². The van der Waals surface area contributed by atoms with E-state index in [4.69, 9.17) is 16.3 Å². The molecule has 0 amide bonds. The Morgan fingerprint density at radius 1 is 1.10 bits per heavy atom. The molecule has 0 radical (unpaired) electrons. The summed E-state index contributed by atoms with van der Waals surface area (Å²) in [6, 6.07) is 14.6. The van der Waals surface area contributed by atoms with E-state index < -0.39 is 0 Å². The number of ether oxygens (including phenoxy) is 1. The maximum absolute atomic E-state index is 6.01. The number of methoxy groups -OCH3 is 1. The zero-order valence-electron chi connectivity index (χ0n) is 11.4. The molecule has 1 heterocycles. The zero-order valence-corrected chi connectivity index (χ0v) is 13.0. The van der Waals surface area contributed by atoms with Gasteiger partial charge < -0.3 is 4.74 Å². The van der Waals surface area contributed by atoms with E-state index in [9.17, 15) is 0 Å². The highest BCUT2D eigenvalue weighted by atomic mass is 35.5. The lowest BCUT2D eigenvalue weighted by molar-refractivity contribution is 0.415. The Balaban J connectivity index is 2.15.